The molecule has 0 aromatic heterocycles. The Balaban J connectivity index is 1.93. The third kappa shape index (κ3) is 2.25. The Morgan fingerprint density at radius 2 is 1.91 bits per heavy atom. The van der Waals surface area contributed by atoms with E-state index < -0.39 is 0 Å². The van der Waals surface area contributed by atoms with Crippen LogP contribution in [0.15, 0.2) is 36.4 Å². The standard InChI is InChI=1S/C18H15NO4/c1-11-3-2-4-12(7-11)19-15-5-6-16-18(23-10-22-16)14(15)8-13(20)9-17(19)21/h2-7H,8-10H2,1H3. The molecule has 5 heteroatoms. The van der Waals surface area contributed by atoms with Gasteiger partial charge in [-0.1, -0.05) is 12.1 Å². The number of carbonyl (C=O) groups is 2. The molecule has 0 bridgehead atoms. The molecule has 0 fully saturated rings. The third-order valence-corrected chi connectivity index (χ3v) is 4.09. The van der Waals surface area contributed by atoms with Gasteiger partial charge in [-0.15, -0.1) is 0 Å². The van der Waals surface area contributed by atoms with E-state index in [-0.39, 0.29) is 31.3 Å². The molecular weight excluding hydrogens is 294 g/mol. The number of fused-ring (bicyclic) bond motifs is 3. The van der Waals surface area contributed by atoms with E-state index in [1.54, 1.807) is 11.0 Å². The summed E-state index contributed by atoms with van der Waals surface area (Å²) in [7, 11) is 0. The zero-order valence-electron chi connectivity index (χ0n) is 12.7. The van der Waals surface area contributed by atoms with Gasteiger partial charge in [-0.2, -0.15) is 0 Å². The van der Waals surface area contributed by atoms with Crippen LogP contribution < -0.4 is 14.4 Å². The molecule has 5 nitrogen and oxygen atoms in total. The summed E-state index contributed by atoms with van der Waals surface area (Å²) in [5.41, 5.74) is 3.21. The van der Waals surface area contributed by atoms with Gasteiger partial charge in [-0.05, 0) is 36.8 Å². The number of anilines is 2. The Morgan fingerprint density at radius 3 is 2.74 bits per heavy atom. The fourth-order valence-electron chi connectivity index (χ4n) is 3.09. The zero-order chi connectivity index (χ0) is 16.0. The molecule has 2 aliphatic rings. The van der Waals surface area contributed by atoms with Crippen molar-refractivity contribution in [3.63, 3.8) is 0 Å². The maximum Gasteiger partial charge on any atom is 0.239 e. The van der Waals surface area contributed by atoms with Crippen molar-refractivity contribution >= 4 is 23.1 Å². The topological polar surface area (TPSA) is 55.8 Å². The van der Waals surface area contributed by atoms with Crippen molar-refractivity contribution in [2.24, 2.45) is 0 Å². The van der Waals surface area contributed by atoms with Crippen LogP contribution in [-0.2, 0) is 16.0 Å². The van der Waals surface area contributed by atoms with E-state index in [4.69, 9.17) is 9.47 Å². The van der Waals surface area contributed by atoms with Crippen LogP contribution in [0.3, 0.4) is 0 Å². The van der Waals surface area contributed by atoms with Crippen LogP contribution in [0.1, 0.15) is 17.5 Å². The van der Waals surface area contributed by atoms with Crippen molar-refractivity contribution in [2.45, 2.75) is 19.8 Å². The Labute approximate surface area is 133 Å². The largest absolute Gasteiger partial charge is 0.454 e. The molecule has 0 spiro atoms. The van der Waals surface area contributed by atoms with Gasteiger partial charge in [-0.3, -0.25) is 14.5 Å². The number of ether oxygens (including phenoxy) is 2. The normalized spacial score (nSPS) is 16.3. The summed E-state index contributed by atoms with van der Waals surface area (Å²) in [6, 6.07) is 11.3. The summed E-state index contributed by atoms with van der Waals surface area (Å²) in [6.45, 7) is 2.11. The maximum absolute atomic E-state index is 12.6. The molecule has 0 aliphatic carbocycles. The average Bonchev–Trinajstić information content (AvgIpc) is 2.93. The van der Waals surface area contributed by atoms with Crippen molar-refractivity contribution in [2.75, 3.05) is 11.7 Å². The number of carbonyl (C=O) groups excluding carboxylic acids is 2. The summed E-state index contributed by atoms with van der Waals surface area (Å²) in [5, 5.41) is 0. The summed E-state index contributed by atoms with van der Waals surface area (Å²) in [4.78, 5) is 26.4. The van der Waals surface area contributed by atoms with Crippen molar-refractivity contribution < 1.29 is 19.1 Å². The summed E-state index contributed by atoms with van der Waals surface area (Å²) in [6.07, 6.45) is 0.0637. The van der Waals surface area contributed by atoms with Gasteiger partial charge in [0.15, 0.2) is 11.5 Å². The first-order valence-corrected chi connectivity index (χ1v) is 7.46. The number of rotatable bonds is 1. The van der Waals surface area contributed by atoms with Crippen molar-refractivity contribution in [3.05, 3.63) is 47.5 Å². The molecule has 0 saturated carbocycles. The first kappa shape index (κ1) is 13.8. The van der Waals surface area contributed by atoms with E-state index in [1.807, 2.05) is 37.3 Å². The maximum atomic E-state index is 12.6. The summed E-state index contributed by atoms with van der Waals surface area (Å²) < 4.78 is 10.9. The second-order valence-electron chi connectivity index (χ2n) is 5.76. The zero-order valence-corrected chi connectivity index (χ0v) is 12.7. The fraction of sp³-hybridized carbons (Fsp3) is 0.222. The van der Waals surface area contributed by atoms with E-state index in [1.165, 1.54) is 0 Å². The Kier molecular flexibility index (Phi) is 3.08. The van der Waals surface area contributed by atoms with E-state index in [9.17, 15) is 9.59 Å². The van der Waals surface area contributed by atoms with Gasteiger partial charge in [0, 0.05) is 17.7 Å². The predicted molar refractivity (Wildman–Crippen MR) is 84.2 cm³/mol. The molecule has 0 saturated heterocycles. The summed E-state index contributed by atoms with van der Waals surface area (Å²) in [5.74, 6) is 0.854. The molecule has 4 rings (SSSR count). The first-order chi connectivity index (χ1) is 11.1. The van der Waals surface area contributed by atoms with E-state index >= 15 is 0 Å². The molecule has 0 N–H and O–H groups in total. The van der Waals surface area contributed by atoms with Crippen molar-refractivity contribution in [1.82, 2.24) is 0 Å². The van der Waals surface area contributed by atoms with Gasteiger partial charge in [0.2, 0.25) is 12.7 Å². The molecule has 2 aromatic rings. The van der Waals surface area contributed by atoms with Crippen LogP contribution in [0, 0.1) is 6.92 Å². The molecule has 2 heterocycles. The SMILES string of the molecule is Cc1cccc(N2C(=O)CC(=O)Cc3c2ccc2c3OCO2)c1. The molecule has 2 aliphatic heterocycles. The van der Waals surface area contributed by atoms with Crippen LogP contribution in [0.2, 0.25) is 0 Å². The lowest BCUT2D eigenvalue weighted by atomic mass is 10.0. The van der Waals surface area contributed by atoms with E-state index in [2.05, 4.69) is 0 Å². The number of benzene rings is 2. The minimum Gasteiger partial charge on any atom is -0.454 e. The van der Waals surface area contributed by atoms with Crippen LogP contribution in [0.25, 0.3) is 0 Å². The number of nitrogens with zero attached hydrogens (tertiary/aromatic N) is 1. The predicted octanol–water partition coefficient (Wildman–Crippen LogP) is 2.90. The highest BCUT2D eigenvalue weighted by Crippen LogP contribution is 2.44. The molecule has 0 unspecified atom stereocenters. The highest BCUT2D eigenvalue weighted by molar-refractivity contribution is 6.13. The molecular formula is C18H15NO4. The van der Waals surface area contributed by atoms with Crippen LogP contribution in [-0.4, -0.2) is 18.5 Å². The van der Waals surface area contributed by atoms with Gasteiger partial charge in [0.05, 0.1) is 12.1 Å². The number of hydrogen-bond donors (Lipinski definition) is 0. The van der Waals surface area contributed by atoms with Crippen molar-refractivity contribution in [3.8, 4) is 11.5 Å². The molecule has 0 radical (unpaired) electrons. The first-order valence-electron chi connectivity index (χ1n) is 7.46. The van der Waals surface area contributed by atoms with Crippen LogP contribution in [0.5, 0.6) is 11.5 Å². The second-order valence-corrected chi connectivity index (χ2v) is 5.76. The van der Waals surface area contributed by atoms with Gasteiger partial charge < -0.3 is 9.47 Å². The monoisotopic (exact) mass is 309 g/mol. The Morgan fingerprint density at radius 1 is 1.04 bits per heavy atom. The quantitative estimate of drug-likeness (QED) is 0.760. The summed E-state index contributed by atoms with van der Waals surface area (Å²) >= 11 is 0. The second kappa shape index (κ2) is 5.12. The van der Waals surface area contributed by atoms with Crippen LogP contribution in [0.4, 0.5) is 11.4 Å². The van der Waals surface area contributed by atoms with Gasteiger partial charge >= 0.3 is 0 Å². The van der Waals surface area contributed by atoms with Gasteiger partial charge in [0.1, 0.15) is 5.78 Å². The number of aryl methyl sites for hydroxylation is 1. The minimum atomic E-state index is -0.224. The Hall–Kier alpha value is -2.82. The molecule has 1 amide bonds. The van der Waals surface area contributed by atoms with E-state index in [0.29, 0.717) is 17.2 Å². The highest BCUT2D eigenvalue weighted by atomic mass is 16.7. The Bertz CT molecular complexity index is 828. The highest BCUT2D eigenvalue weighted by Gasteiger charge is 2.32. The number of ketones is 1. The third-order valence-electron chi connectivity index (χ3n) is 4.09. The molecule has 0 atom stereocenters. The van der Waals surface area contributed by atoms with Gasteiger partial charge in [0.25, 0.3) is 0 Å². The number of amides is 1. The molecule has 2 aromatic carbocycles. The lowest BCUT2D eigenvalue weighted by molar-refractivity contribution is -0.125. The lowest BCUT2D eigenvalue weighted by Crippen LogP contribution is -2.26. The fourth-order valence-corrected chi connectivity index (χ4v) is 3.09. The lowest BCUT2D eigenvalue weighted by Gasteiger charge is -2.23. The number of hydrogen-bond acceptors (Lipinski definition) is 4. The van der Waals surface area contributed by atoms with Crippen LogP contribution >= 0.6 is 0 Å². The van der Waals surface area contributed by atoms with Crippen molar-refractivity contribution in [1.29, 1.82) is 0 Å². The van der Waals surface area contributed by atoms with Gasteiger partial charge in [-0.25, -0.2) is 0 Å². The smallest absolute Gasteiger partial charge is 0.239 e. The molecule has 116 valence electrons. The average molecular weight is 309 g/mol. The molecule has 23 heavy (non-hydrogen) atoms. The van der Waals surface area contributed by atoms with E-state index in [0.717, 1.165) is 16.8 Å². The number of Topliss-reactive ketones (excluding diaryl/α,β-unsaturated/α-hetero) is 1. The minimum absolute atomic E-state index is 0.113.